The van der Waals surface area contributed by atoms with Gasteiger partial charge in [-0.25, -0.2) is 13.6 Å². The van der Waals surface area contributed by atoms with E-state index in [0.29, 0.717) is 12.8 Å². The van der Waals surface area contributed by atoms with Crippen molar-refractivity contribution in [1.29, 1.82) is 0 Å². The second kappa shape index (κ2) is 9.48. The third kappa shape index (κ3) is 6.87. The number of carbonyl (C=O) groups excluding carboxylic acids is 4. The molecule has 2 aliphatic rings. The summed E-state index contributed by atoms with van der Waals surface area (Å²) in [6, 6.07) is -1.36. The molecule has 1 saturated carbocycles. The molecule has 1 aliphatic carbocycles. The van der Waals surface area contributed by atoms with E-state index in [9.17, 15) is 28.0 Å². The molecule has 0 radical (unpaired) electrons. The SMILES string of the molecule is CN(C)C(=O)C(C1CCC(=O)CC1)C(NC(=O)OC(C)(C)C)C(=O)N1CCC(F)(F)C1. The van der Waals surface area contributed by atoms with Gasteiger partial charge in [-0.15, -0.1) is 0 Å². The summed E-state index contributed by atoms with van der Waals surface area (Å²) in [6.45, 7) is 4.04. The number of amides is 3. The first-order chi connectivity index (χ1) is 14.2. The molecule has 31 heavy (non-hydrogen) atoms. The summed E-state index contributed by atoms with van der Waals surface area (Å²) in [5, 5.41) is 2.49. The Kier molecular flexibility index (Phi) is 7.65. The maximum Gasteiger partial charge on any atom is 0.408 e. The number of ether oxygens (including phenoxy) is 1. The summed E-state index contributed by atoms with van der Waals surface area (Å²) < 4.78 is 32.8. The molecular weight excluding hydrogens is 412 g/mol. The Labute approximate surface area is 181 Å². The van der Waals surface area contributed by atoms with Crippen LogP contribution in [0, 0.1) is 11.8 Å². The molecule has 1 saturated heterocycles. The van der Waals surface area contributed by atoms with Crippen molar-refractivity contribution in [2.24, 2.45) is 11.8 Å². The third-order valence-electron chi connectivity index (χ3n) is 5.60. The standard InChI is InChI=1S/C21H33F2N3O5/c1-20(2,3)31-19(30)24-16(18(29)26-11-10-21(22,23)12-26)15(17(28)25(4)5)13-6-8-14(27)9-7-13/h13,15-16H,6-12H2,1-5H3,(H,24,30). The van der Waals surface area contributed by atoms with Gasteiger partial charge in [-0.3, -0.25) is 14.4 Å². The van der Waals surface area contributed by atoms with Gasteiger partial charge in [0.1, 0.15) is 17.4 Å². The monoisotopic (exact) mass is 445 g/mol. The van der Waals surface area contributed by atoms with Crippen LogP contribution in [0.3, 0.4) is 0 Å². The lowest BCUT2D eigenvalue weighted by atomic mass is 9.75. The van der Waals surface area contributed by atoms with Crippen LogP contribution in [0.1, 0.15) is 52.9 Å². The molecule has 0 bridgehead atoms. The Hall–Kier alpha value is -2.26. The molecular formula is C21H33F2N3O5. The van der Waals surface area contributed by atoms with Crippen LogP contribution in [-0.2, 0) is 19.1 Å². The third-order valence-corrected chi connectivity index (χ3v) is 5.60. The Bertz CT molecular complexity index is 710. The summed E-state index contributed by atoms with van der Waals surface area (Å²) in [7, 11) is 3.06. The van der Waals surface area contributed by atoms with Crippen LogP contribution in [0.25, 0.3) is 0 Å². The van der Waals surface area contributed by atoms with Crippen LogP contribution in [0.4, 0.5) is 13.6 Å². The molecule has 2 fully saturated rings. The maximum atomic E-state index is 13.8. The van der Waals surface area contributed by atoms with Crippen molar-refractivity contribution >= 4 is 23.7 Å². The van der Waals surface area contributed by atoms with Crippen LogP contribution in [0.5, 0.6) is 0 Å². The zero-order chi connectivity index (χ0) is 23.6. The minimum atomic E-state index is -3.01. The van der Waals surface area contributed by atoms with Crippen LogP contribution >= 0.6 is 0 Å². The fourth-order valence-corrected chi connectivity index (χ4v) is 4.10. The van der Waals surface area contributed by atoms with Gasteiger partial charge in [0, 0.05) is 39.9 Å². The summed E-state index contributed by atoms with van der Waals surface area (Å²) in [4.78, 5) is 52.9. The van der Waals surface area contributed by atoms with Gasteiger partial charge in [0.05, 0.1) is 12.5 Å². The number of halogens is 2. The van der Waals surface area contributed by atoms with Gasteiger partial charge in [-0.1, -0.05) is 0 Å². The van der Waals surface area contributed by atoms with Crippen molar-refractivity contribution in [2.75, 3.05) is 27.2 Å². The lowest BCUT2D eigenvalue weighted by molar-refractivity contribution is -0.145. The molecule has 2 unspecified atom stereocenters. The molecule has 10 heteroatoms. The number of hydrogen-bond donors (Lipinski definition) is 1. The van der Waals surface area contributed by atoms with Crippen molar-refractivity contribution in [3.05, 3.63) is 0 Å². The molecule has 0 aromatic heterocycles. The molecule has 1 aliphatic heterocycles. The Morgan fingerprint density at radius 2 is 1.77 bits per heavy atom. The van der Waals surface area contributed by atoms with E-state index in [-0.39, 0.29) is 31.1 Å². The Morgan fingerprint density at radius 1 is 1.19 bits per heavy atom. The first-order valence-corrected chi connectivity index (χ1v) is 10.6. The van der Waals surface area contributed by atoms with Gasteiger partial charge in [0.25, 0.3) is 5.92 Å². The smallest absolute Gasteiger partial charge is 0.408 e. The highest BCUT2D eigenvalue weighted by Gasteiger charge is 2.48. The molecule has 0 spiro atoms. The van der Waals surface area contributed by atoms with Crippen molar-refractivity contribution in [3.8, 4) is 0 Å². The van der Waals surface area contributed by atoms with Gasteiger partial charge in [-0.05, 0) is 39.5 Å². The molecule has 0 aromatic rings. The highest BCUT2D eigenvalue weighted by atomic mass is 19.3. The largest absolute Gasteiger partial charge is 0.444 e. The average Bonchev–Trinajstić information content (AvgIpc) is 3.00. The van der Waals surface area contributed by atoms with Crippen LogP contribution in [0.15, 0.2) is 0 Å². The maximum absolute atomic E-state index is 13.8. The topological polar surface area (TPSA) is 96.0 Å². The number of rotatable bonds is 5. The number of nitrogens with zero attached hydrogens (tertiary/aromatic N) is 2. The molecule has 3 amide bonds. The number of carbonyl (C=O) groups is 4. The van der Waals surface area contributed by atoms with E-state index in [4.69, 9.17) is 4.74 Å². The van der Waals surface area contributed by atoms with Crippen LogP contribution < -0.4 is 5.32 Å². The fraction of sp³-hybridized carbons (Fsp3) is 0.810. The van der Waals surface area contributed by atoms with Gasteiger partial charge in [-0.2, -0.15) is 0 Å². The molecule has 8 nitrogen and oxygen atoms in total. The number of hydrogen-bond acceptors (Lipinski definition) is 5. The second-order valence-corrected chi connectivity index (χ2v) is 9.62. The summed E-state index contributed by atoms with van der Waals surface area (Å²) >= 11 is 0. The van der Waals surface area contributed by atoms with Gasteiger partial charge in [0.15, 0.2) is 0 Å². The minimum Gasteiger partial charge on any atom is -0.444 e. The van der Waals surface area contributed by atoms with E-state index >= 15 is 0 Å². The molecule has 176 valence electrons. The number of ketones is 1. The first kappa shape index (κ1) is 25.0. The zero-order valence-electron chi connectivity index (χ0n) is 18.9. The predicted molar refractivity (Wildman–Crippen MR) is 108 cm³/mol. The summed E-state index contributed by atoms with van der Waals surface area (Å²) in [5.74, 6) is -5.41. The van der Waals surface area contributed by atoms with E-state index in [2.05, 4.69) is 5.32 Å². The van der Waals surface area contributed by atoms with E-state index in [1.165, 1.54) is 19.0 Å². The average molecular weight is 446 g/mol. The highest BCUT2D eigenvalue weighted by Crippen LogP contribution is 2.34. The number of nitrogens with one attached hydrogen (secondary N) is 1. The molecule has 0 aromatic carbocycles. The van der Waals surface area contributed by atoms with Gasteiger partial charge < -0.3 is 19.9 Å². The second-order valence-electron chi connectivity index (χ2n) is 9.62. The highest BCUT2D eigenvalue weighted by molar-refractivity contribution is 5.93. The van der Waals surface area contributed by atoms with E-state index < -0.39 is 54.4 Å². The fourth-order valence-electron chi connectivity index (χ4n) is 4.10. The number of alkyl halides is 2. The summed E-state index contributed by atoms with van der Waals surface area (Å²) in [5.41, 5.74) is -0.851. The van der Waals surface area contributed by atoms with Crippen molar-refractivity contribution < 1.29 is 32.7 Å². The zero-order valence-corrected chi connectivity index (χ0v) is 18.9. The van der Waals surface area contributed by atoms with E-state index in [0.717, 1.165) is 4.90 Å². The van der Waals surface area contributed by atoms with Crippen molar-refractivity contribution in [2.45, 2.75) is 70.4 Å². The summed E-state index contributed by atoms with van der Waals surface area (Å²) in [6.07, 6.45) is -0.0472. The molecule has 2 rings (SSSR count). The normalized spacial score (nSPS) is 21.4. The van der Waals surface area contributed by atoms with Gasteiger partial charge >= 0.3 is 6.09 Å². The quantitative estimate of drug-likeness (QED) is 0.700. The lowest BCUT2D eigenvalue weighted by Crippen LogP contribution is -2.58. The van der Waals surface area contributed by atoms with Gasteiger partial charge in [0.2, 0.25) is 11.8 Å². The minimum absolute atomic E-state index is 0.0782. The number of Topliss-reactive ketones (excluding diaryl/α,β-unsaturated/α-hetero) is 1. The number of alkyl carbamates (subject to hydrolysis) is 1. The van der Waals surface area contributed by atoms with Crippen LogP contribution in [-0.4, -0.2) is 78.2 Å². The van der Waals surface area contributed by atoms with Crippen molar-refractivity contribution in [3.63, 3.8) is 0 Å². The molecule has 1 heterocycles. The van der Waals surface area contributed by atoms with E-state index in [1.54, 1.807) is 20.8 Å². The van der Waals surface area contributed by atoms with Crippen molar-refractivity contribution in [1.82, 2.24) is 15.1 Å². The Balaban J connectivity index is 2.37. The van der Waals surface area contributed by atoms with E-state index in [1.807, 2.05) is 0 Å². The lowest BCUT2D eigenvalue weighted by Gasteiger charge is -2.37. The molecule has 2 atom stereocenters. The Morgan fingerprint density at radius 3 is 2.23 bits per heavy atom. The molecule has 1 N–H and O–H groups in total. The van der Waals surface area contributed by atoms with Crippen LogP contribution in [0.2, 0.25) is 0 Å². The predicted octanol–water partition coefficient (Wildman–Crippen LogP) is 2.21. The first-order valence-electron chi connectivity index (χ1n) is 10.6. The number of likely N-dealkylation sites (tertiary alicyclic amines) is 1.